The van der Waals surface area contributed by atoms with Crippen molar-refractivity contribution in [2.75, 3.05) is 49.5 Å². The summed E-state index contributed by atoms with van der Waals surface area (Å²) in [6.07, 6.45) is 3.17. The Morgan fingerprint density at radius 2 is 1.82 bits per heavy atom. The molecule has 2 aliphatic heterocycles. The minimum atomic E-state index is -0.345. The van der Waals surface area contributed by atoms with Crippen LogP contribution in [-0.4, -0.2) is 66.9 Å². The monoisotopic (exact) mass is 386 g/mol. The van der Waals surface area contributed by atoms with Crippen molar-refractivity contribution in [3.05, 3.63) is 23.8 Å². The van der Waals surface area contributed by atoms with E-state index in [1.807, 2.05) is 19.9 Å². The van der Waals surface area contributed by atoms with Crippen LogP contribution in [0.15, 0.2) is 18.2 Å². The Morgan fingerprint density at radius 1 is 1.07 bits per heavy atom. The van der Waals surface area contributed by atoms with E-state index in [4.69, 9.17) is 0 Å². The lowest BCUT2D eigenvalue weighted by Gasteiger charge is -2.36. The maximum absolute atomic E-state index is 12.9. The van der Waals surface area contributed by atoms with Crippen molar-refractivity contribution in [2.24, 2.45) is 0 Å². The number of anilines is 2. The van der Waals surface area contributed by atoms with Gasteiger partial charge in [0, 0.05) is 50.5 Å². The summed E-state index contributed by atoms with van der Waals surface area (Å²) in [5, 5.41) is 3.08. The standard InChI is InChI=1S/C22H34N4O2/c1-4-21(27)26-11-7-6-8-20(26)22(28)23-19-10-9-18(16-17(19)3)25-14-12-24(5-2)13-15-25/h9-10,16,20H,4-8,11-15H2,1-3H3,(H,23,28). The van der Waals surface area contributed by atoms with E-state index in [0.717, 1.165) is 63.2 Å². The predicted octanol–water partition coefficient (Wildman–Crippen LogP) is 2.87. The average molecular weight is 387 g/mol. The van der Waals surface area contributed by atoms with Gasteiger partial charge in [0.2, 0.25) is 11.8 Å². The smallest absolute Gasteiger partial charge is 0.247 e. The van der Waals surface area contributed by atoms with Crippen LogP contribution in [0.5, 0.6) is 0 Å². The van der Waals surface area contributed by atoms with E-state index < -0.39 is 0 Å². The molecule has 6 heteroatoms. The normalized spacial score (nSPS) is 20.9. The van der Waals surface area contributed by atoms with Crippen molar-refractivity contribution in [2.45, 2.75) is 52.5 Å². The topological polar surface area (TPSA) is 55.9 Å². The minimum Gasteiger partial charge on any atom is -0.369 e. The number of nitrogens with zero attached hydrogens (tertiary/aromatic N) is 3. The molecular formula is C22H34N4O2. The van der Waals surface area contributed by atoms with Crippen molar-refractivity contribution in [3.63, 3.8) is 0 Å². The molecule has 0 aliphatic carbocycles. The number of hydrogen-bond donors (Lipinski definition) is 1. The van der Waals surface area contributed by atoms with Gasteiger partial charge in [0.15, 0.2) is 0 Å². The van der Waals surface area contributed by atoms with Crippen LogP contribution in [0.1, 0.15) is 45.1 Å². The fourth-order valence-electron chi connectivity index (χ4n) is 4.23. The SMILES string of the molecule is CCC(=O)N1CCCCC1C(=O)Nc1ccc(N2CCN(CC)CC2)cc1C. The minimum absolute atomic E-state index is 0.0612. The third-order valence-corrected chi connectivity index (χ3v) is 6.08. The first-order valence-corrected chi connectivity index (χ1v) is 10.7. The van der Waals surface area contributed by atoms with Crippen molar-refractivity contribution in [3.8, 4) is 0 Å². The highest BCUT2D eigenvalue weighted by Crippen LogP contribution is 2.25. The number of aryl methyl sites for hydroxylation is 1. The highest BCUT2D eigenvalue weighted by Gasteiger charge is 2.31. The summed E-state index contributed by atoms with van der Waals surface area (Å²) in [5.41, 5.74) is 3.12. The molecule has 2 heterocycles. The zero-order valence-electron chi connectivity index (χ0n) is 17.5. The maximum atomic E-state index is 12.9. The van der Waals surface area contributed by atoms with Crippen molar-refractivity contribution < 1.29 is 9.59 Å². The number of hydrogen-bond acceptors (Lipinski definition) is 4. The molecule has 28 heavy (non-hydrogen) atoms. The summed E-state index contributed by atoms with van der Waals surface area (Å²) >= 11 is 0. The van der Waals surface area contributed by atoms with Gasteiger partial charge in [0.05, 0.1) is 0 Å². The van der Waals surface area contributed by atoms with E-state index in [-0.39, 0.29) is 17.9 Å². The molecule has 1 aromatic carbocycles. The molecule has 0 spiro atoms. The summed E-state index contributed by atoms with van der Waals surface area (Å²) in [4.78, 5) is 31.7. The molecule has 1 unspecified atom stereocenters. The first kappa shape index (κ1) is 20.6. The summed E-state index contributed by atoms with van der Waals surface area (Å²) in [5.74, 6) is 0.00653. The van der Waals surface area contributed by atoms with Gasteiger partial charge in [-0.15, -0.1) is 0 Å². The summed E-state index contributed by atoms with van der Waals surface area (Å²) in [6.45, 7) is 12.2. The number of carbonyl (C=O) groups is 2. The largest absolute Gasteiger partial charge is 0.369 e. The van der Waals surface area contributed by atoms with Gasteiger partial charge in [-0.25, -0.2) is 0 Å². The lowest BCUT2D eigenvalue weighted by molar-refractivity contribution is -0.140. The van der Waals surface area contributed by atoms with Gasteiger partial charge in [-0.2, -0.15) is 0 Å². The van der Waals surface area contributed by atoms with Crippen molar-refractivity contribution >= 4 is 23.2 Å². The average Bonchev–Trinajstić information content (AvgIpc) is 2.74. The molecule has 154 valence electrons. The third kappa shape index (κ3) is 4.66. The van der Waals surface area contributed by atoms with E-state index >= 15 is 0 Å². The van der Waals surface area contributed by atoms with E-state index in [2.05, 4.69) is 34.2 Å². The highest BCUT2D eigenvalue weighted by atomic mass is 16.2. The number of carbonyl (C=O) groups excluding carboxylic acids is 2. The van der Waals surface area contributed by atoms with Gasteiger partial charge in [0.25, 0.3) is 0 Å². The molecule has 0 radical (unpaired) electrons. The van der Waals surface area contributed by atoms with Crippen LogP contribution < -0.4 is 10.2 Å². The number of benzene rings is 1. The van der Waals surface area contributed by atoms with E-state index in [0.29, 0.717) is 13.0 Å². The van der Waals surface area contributed by atoms with Gasteiger partial charge >= 0.3 is 0 Å². The highest BCUT2D eigenvalue weighted by molar-refractivity contribution is 5.98. The number of piperidine rings is 1. The molecule has 2 amide bonds. The quantitative estimate of drug-likeness (QED) is 0.845. The predicted molar refractivity (Wildman–Crippen MR) is 114 cm³/mol. The van der Waals surface area contributed by atoms with E-state index in [9.17, 15) is 9.59 Å². The van der Waals surface area contributed by atoms with Crippen LogP contribution in [0, 0.1) is 6.92 Å². The zero-order valence-corrected chi connectivity index (χ0v) is 17.5. The Balaban J connectivity index is 1.65. The Labute approximate surface area is 168 Å². The first-order chi connectivity index (χ1) is 13.5. The maximum Gasteiger partial charge on any atom is 0.247 e. The Morgan fingerprint density at radius 3 is 2.46 bits per heavy atom. The number of likely N-dealkylation sites (tertiary alicyclic amines) is 1. The molecule has 6 nitrogen and oxygen atoms in total. The number of piperazine rings is 1. The number of nitrogens with one attached hydrogen (secondary N) is 1. The number of amides is 2. The summed E-state index contributed by atoms with van der Waals surface area (Å²) in [7, 11) is 0. The molecule has 0 bridgehead atoms. The van der Waals surface area contributed by atoms with Crippen LogP contribution in [0.3, 0.4) is 0 Å². The van der Waals surface area contributed by atoms with Gasteiger partial charge in [-0.3, -0.25) is 9.59 Å². The summed E-state index contributed by atoms with van der Waals surface area (Å²) in [6, 6.07) is 5.92. The van der Waals surface area contributed by atoms with Crippen LogP contribution in [0.4, 0.5) is 11.4 Å². The van der Waals surface area contributed by atoms with Crippen LogP contribution in [0.2, 0.25) is 0 Å². The van der Waals surface area contributed by atoms with Crippen LogP contribution in [-0.2, 0) is 9.59 Å². The number of likely N-dealkylation sites (N-methyl/N-ethyl adjacent to an activating group) is 1. The molecule has 3 rings (SSSR count). The van der Waals surface area contributed by atoms with Gasteiger partial charge in [-0.1, -0.05) is 13.8 Å². The second-order valence-electron chi connectivity index (χ2n) is 7.86. The van der Waals surface area contributed by atoms with Gasteiger partial charge in [0.1, 0.15) is 6.04 Å². The molecule has 1 atom stereocenters. The van der Waals surface area contributed by atoms with Crippen molar-refractivity contribution in [1.29, 1.82) is 0 Å². The number of rotatable bonds is 5. The second-order valence-corrected chi connectivity index (χ2v) is 7.86. The lowest BCUT2D eigenvalue weighted by Crippen LogP contribution is -2.49. The molecule has 0 saturated carbocycles. The fraction of sp³-hybridized carbons (Fsp3) is 0.636. The Kier molecular flexibility index (Phi) is 6.94. The molecule has 1 aromatic rings. The van der Waals surface area contributed by atoms with E-state index in [1.165, 1.54) is 5.69 Å². The molecule has 2 saturated heterocycles. The van der Waals surface area contributed by atoms with Crippen molar-refractivity contribution in [1.82, 2.24) is 9.80 Å². The lowest BCUT2D eigenvalue weighted by atomic mass is 10.0. The van der Waals surface area contributed by atoms with Crippen LogP contribution in [0.25, 0.3) is 0 Å². The molecular weight excluding hydrogens is 352 g/mol. The Bertz CT molecular complexity index is 698. The first-order valence-electron chi connectivity index (χ1n) is 10.7. The zero-order chi connectivity index (χ0) is 20.1. The molecule has 2 aliphatic rings. The fourth-order valence-corrected chi connectivity index (χ4v) is 4.23. The summed E-state index contributed by atoms with van der Waals surface area (Å²) < 4.78 is 0. The third-order valence-electron chi connectivity index (χ3n) is 6.08. The second kappa shape index (κ2) is 9.41. The van der Waals surface area contributed by atoms with Gasteiger partial charge in [-0.05, 0) is 56.5 Å². The molecule has 1 N–H and O–H groups in total. The van der Waals surface area contributed by atoms with E-state index in [1.54, 1.807) is 4.90 Å². The van der Waals surface area contributed by atoms with Crippen LogP contribution >= 0.6 is 0 Å². The van der Waals surface area contributed by atoms with Gasteiger partial charge < -0.3 is 20.0 Å². The molecule has 2 fully saturated rings. The Hall–Kier alpha value is -2.08. The molecule has 0 aromatic heterocycles.